The summed E-state index contributed by atoms with van der Waals surface area (Å²) in [5.41, 5.74) is 2.37. The molecule has 0 saturated heterocycles. The van der Waals surface area contributed by atoms with E-state index >= 15 is 0 Å². The third kappa shape index (κ3) is 3.89. The fourth-order valence-corrected chi connectivity index (χ4v) is 2.45. The summed E-state index contributed by atoms with van der Waals surface area (Å²) in [6.45, 7) is 6.31. The van der Waals surface area contributed by atoms with Crippen LogP contribution in [0, 0.1) is 6.92 Å². The first-order chi connectivity index (χ1) is 9.03. The van der Waals surface area contributed by atoms with Crippen molar-refractivity contribution in [3.8, 4) is 0 Å². The average molecular weight is 282 g/mol. The Hall–Kier alpha value is -1.69. The number of aryl methyl sites for hydroxylation is 1. The summed E-state index contributed by atoms with van der Waals surface area (Å²) in [5.74, 6) is 0. The molecule has 0 heterocycles. The van der Waals surface area contributed by atoms with E-state index < -0.39 is 16.7 Å². The van der Waals surface area contributed by atoms with E-state index in [0.717, 1.165) is 17.5 Å². The minimum atomic E-state index is -2.43. The second-order valence-electron chi connectivity index (χ2n) is 4.16. The molecule has 0 spiro atoms. The first kappa shape index (κ1) is 15.4. The van der Waals surface area contributed by atoms with Crippen LogP contribution in [-0.4, -0.2) is 27.4 Å². The smallest absolute Gasteiger partial charge is 0.313 e. The van der Waals surface area contributed by atoms with Gasteiger partial charge >= 0.3 is 10.5 Å². The Morgan fingerprint density at radius 2 is 2.05 bits per heavy atom. The number of rotatable bonds is 6. The Kier molecular flexibility index (Phi) is 5.69. The summed E-state index contributed by atoms with van der Waals surface area (Å²) >= 11 is 0. The molecule has 0 saturated carbocycles. The number of nitrogens with zero attached hydrogens (tertiary/aromatic N) is 2. The summed E-state index contributed by atoms with van der Waals surface area (Å²) < 4.78 is 25.2. The van der Waals surface area contributed by atoms with Crippen molar-refractivity contribution < 1.29 is 13.2 Å². The van der Waals surface area contributed by atoms with E-state index in [1.165, 1.54) is 0 Å². The first-order valence-corrected chi connectivity index (χ1v) is 7.19. The molecule has 0 aromatic heterocycles. The molecule has 6 heteroatoms. The first-order valence-electron chi connectivity index (χ1n) is 6.16. The van der Waals surface area contributed by atoms with Crippen LogP contribution in [0.25, 0.3) is 0 Å². The van der Waals surface area contributed by atoms with Crippen LogP contribution < -0.4 is 4.90 Å². The molecule has 104 valence electrons. The fraction of sp³-hybridized carbons (Fsp3) is 0.462. The van der Waals surface area contributed by atoms with E-state index in [1.54, 1.807) is 6.07 Å². The van der Waals surface area contributed by atoms with Gasteiger partial charge in [0, 0.05) is 17.8 Å². The highest BCUT2D eigenvalue weighted by molar-refractivity contribution is 7.61. The largest absolute Gasteiger partial charge is 0.349 e. The van der Waals surface area contributed by atoms with Gasteiger partial charge in [-0.05, 0) is 44.0 Å². The molecule has 1 aromatic rings. The van der Waals surface area contributed by atoms with Gasteiger partial charge in [0.1, 0.15) is 12.5 Å². The SMILES string of the molecule is CCC(N=S(=O)=O)N(CC)c1ccc(C=O)c(C)c1. The zero-order valence-corrected chi connectivity index (χ0v) is 12.1. The molecule has 0 bridgehead atoms. The van der Waals surface area contributed by atoms with Crippen LogP contribution in [-0.2, 0) is 10.5 Å². The maximum absolute atomic E-state index is 10.8. The predicted molar refractivity (Wildman–Crippen MR) is 75.0 cm³/mol. The van der Waals surface area contributed by atoms with Crippen LogP contribution in [0.1, 0.15) is 36.2 Å². The standard InChI is InChI=1S/C13H18N2O3S/c1-4-13(14-19(17)18)15(5-2)12-7-6-11(9-16)10(3)8-12/h6-9,13H,4-5H2,1-3H3. The second kappa shape index (κ2) is 7.04. The maximum atomic E-state index is 10.8. The summed E-state index contributed by atoms with van der Waals surface area (Å²) in [6, 6.07) is 5.42. The quantitative estimate of drug-likeness (QED) is 0.752. The van der Waals surface area contributed by atoms with Gasteiger partial charge in [0.05, 0.1) is 0 Å². The van der Waals surface area contributed by atoms with Gasteiger partial charge in [-0.1, -0.05) is 6.92 Å². The van der Waals surface area contributed by atoms with Crippen LogP contribution in [0.3, 0.4) is 0 Å². The third-order valence-corrected chi connectivity index (χ3v) is 3.40. The van der Waals surface area contributed by atoms with Gasteiger partial charge < -0.3 is 4.90 Å². The number of benzene rings is 1. The molecule has 0 fully saturated rings. The number of hydrogen-bond acceptors (Lipinski definition) is 5. The second-order valence-corrected chi connectivity index (χ2v) is 4.80. The Bertz CT molecular complexity index is 574. The van der Waals surface area contributed by atoms with Gasteiger partial charge in [-0.3, -0.25) is 4.79 Å². The molecule has 1 rings (SSSR count). The molecule has 1 atom stereocenters. The molecule has 19 heavy (non-hydrogen) atoms. The molecule has 0 radical (unpaired) electrons. The summed E-state index contributed by atoms with van der Waals surface area (Å²) in [6.07, 6.45) is 0.991. The van der Waals surface area contributed by atoms with Crippen LogP contribution >= 0.6 is 0 Å². The number of carbonyl (C=O) groups is 1. The summed E-state index contributed by atoms with van der Waals surface area (Å²) in [7, 11) is -2.43. The number of carbonyl (C=O) groups excluding carboxylic acids is 1. The van der Waals surface area contributed by atoms with Gasteiger partial charge in [-0.25, -0.2) is 0 Å². The predicted octanol–water partition coefficient (Wildman–Crippen LogP) is 2.43. The monoisotopic (exact) mass is 282 g/mol. The lowest BCUT2D eigenvalue weighted by Crippen LogP contribution is -2.33. The summed E-state index contributed by atoms with van der Waals surface area (Å²) in [4.78, 5) is 12.7. The Morgan fingerprint density at radius 1 is 1.37 bits per heavy atom. The minimum Gasteiger partial charge on any atom is -0.349 e. The Labute approximate surface area is 115 Å². The van der Waals surface area contributed by atoms with Gasteiger partial charge in [0.2, 0.25) is 0 Å². The Morgan fingerprint density at radius 3 is 2.47 bits per heavy atom. The highest BCUT2D eigenvalue weighted by Crippen LogP contribution is 2.22. The normalized spacial score (nSPS) is 11.7. The van der Waals surface area contributed by atoms with E-state index in [0.29, 0.717) is 18.5 Å². The number of aldehydes is 1. The van der Waals surface area contributed by atoms with Gasteiger partial charge in [-0.2, -0.15) is 8.42 Å². The molecular weight excluding hydrogens is 264 g/mol. The zero-order chi connectivity index (χ0) is 14.4. The molecule has 0 amide bonds. The van der Waals surface area contributed by atoms with Crippen molar-refractivity contribution in [2.45, 2.75) is 33.4 Å². The van der Waals surface area contributed by atoms with E-state index in [4.69, 9.17) is 0 Å². The van der Waals surface area contributed by atoms with Gasteiger partial charge in [0.15, 0.2) is 0 Å². The zero-order valence-electron chi connectivity index (χ0n) is 11.3. The Balaban J connectivity index is 3.18. The van der Waals surface area contributed by atoms with Crippen molar-refractivity contribution in [2.24, 2.45) is 4.36 Å². The van der Waals surface area contributed by atoms with Crippen molar-refractivity contribution in [2.75, 3.05) is 11.4 Å². The molecule has 1 aromatic carbocycles. The molecule has 5 nitrogen and oxygen atoms in total. The van der Waals surface area contributed by atoms with Crippen LogP contribution in [0.2, 0.25) is 0 Å². The lowest BCUT2D eigenvalue weighted by Gasteiger charge is -2.28. The van der Waals surface area contributed by atoms with E-state index in [-0.39, 0.29) is 0 Å². The number of hydrogen-bond donors (Lipinski definition) is 0. The molecule has 0 aliphatic carbocycles. The van der Waals surface area contributed by atoms with Gasteiger partial charge in [-0.15, -0.1) is 4.36 Å². The minimum absolute atomic E-state index is 0.412. The van der Waals surface area contributed by atoms with Crippen LogP contribution in [0.5, 0.6) is 0 Å². The van der Waals surface area contributed by atoms with Crippen LogP contribution in [0.4, 0.5) is 5.69 Å². The van der Waals surface area contributed by atoms with Crippen molar-refractivity contribution >= 4 is 22.5 Å². The average Bonchev–Trinajstić information content (AvgIpc) is 2.38. The number of anilines is 1. The molecule has 0 N–H and O–H groups in total. The highest BCUT2D eigenvalue weighted by atomic mass is 32.2. The van der Waals surface area contributed by atoms with Crippen molar-refractivity contribution in [1.82, 2.24) is 0 Å². The lowest BCUT2D eigenvalue weighted by molar-refractivity contribution is 0.112. The molecule has 1 unspecified atom stereocenters. The van der Waals surface area contributed by atoms with Crippen LogP contribution in [0.15, 0.2) is 22.6 Å². The molecule has 0 aliphatic rings. The molecular formula is C13H18N2O3S. The lowest BCUT2D eigenvalue weighted by atomic mass is 10.1. The molecule has 0 aliphatic heterocycles. The fourth-order valence-electron chi connectivity index (χ4n) is 1.99. The van der Waals surface area contributed by atoms with Crippen molar-refractivity contribution in [3.63, 3.8) is 0 Å². The van der Waals surface area contributed by atoms with Crippen molar-refractivity contribution in [1.29, 1.82) is 0 Å². The highest BCUT2D eigenvalue weighted by Gasteiger charge is 2.16. The van der Waals surface area contributed by atoms with E-state index in [1.807, 2.05) is 37.8 Å². The van der Waals surface area contributed by atoms with E-state index in [9.17, 15) is 13.2 Å². The van der Waals surface area contributed by atoms with Gasteiger partial charge in [0.25, 0.3) is 0 Å². The topological polar surface area (TPSA) is 66.8 Å². The third-order valence-electron chi connectivity index (χ3n) is 2.99. The maximum Gasteiger partial charge on any atom is 0.313 e. The van der Waals surface area contributed by atoms with Crippen molar-refractivity contribution in [3.05, 3.63) is 29.3 Å². The van der Waals surface area contributed by atoms with E-state index in [2.05, 4.69) is 4.36 Å². The summed E-state index contributed by atoms with van der Waals surface area (Å²) in [5, 5.41) is 0.